The minimum absolute atomic E-state index is 0.181. The minimum atomic E-state index is -0.182. The fraction of sp³-hybridized carbons (Fsp3) is 0.824. The Morgan fingerprint density at radius 2 is 2.00 bits per heavy atom. The molecule has 0 aromatic rings. The fourth-order valence-electron chi connectivity index (χ4n) is 4.22. The van der Waals surface area contributed by atoms with Crippen LogP contribution in [0.25, 0.3) is 0 Å². The molecule has 0 amide bonds. The van der Waals surface area contributed by atoms with Gasteiger partial charge >= 0.3 is 5.97 Å². The number of esters is 1. The zero-order valence-electron chi connectivity index (χ0n) is 12.5. The first-order valence-corrected chi connectivity index (χ1v) is 7.98. The summed E-state index contributed by atoms with van der Waals surface area (Å²) in [6.07, 6.45) is 11.0. The van der Waals surface area contributed by atoms with Crippen LogP contribution in [-0.2, 0) is 9.53 Å². The van der Waals surface area contributed by atoms with Crippen LogP contribution in [0.2, 0.25) is 0 Å². The molecule has 2 rings (SSSR count). The van der Waals surface area contributed by atoms with Crippen molar-refractivity contribution in [2.45, 2.75) is 77.2 Å². The predicted octanol–water partition coefficient (Wildman–Crippen LogP) is 4.63. The number of hydrogen-bond acceptors (Lipinski definition) is 2. The van der Waals surface area contributed by atoms with Crippen molar-refractivity contribution in [2.24, 2.45) is 11.8 Å². The Bertz CT molecular complexity index is 347. The summed E-state index contributed by atoms with van der Waals surface area (Å²) in [6.45, 7) is 7.68. The fourth-order valence-corrected chi connectivity index (χ4v) is 4.22. The van der Waals surface area contributed by atoms with Crippen molar-refractivity contribution < 1.29 is 9.53 Å². The van der Waals surface area contributed by atoms with E-state index in [0.717, 1.165) is 25.2 Å². The Hall–Kier alpha value is -0.790. The lowest BCUT2D eigenvalue weighted by Gasteiger charge is -2.36. The van der Waals surface area contributed by atoms with Crippen molar-refractivity contribution in [1.82, 2.24) is 0 Å². The van der Waals surface area contributed by atoms with Crippen LogP contribution in [0.15, 0.2) is 12.2 Å². The second-order valence-electron chi connectivity index (χ2n) is 6.53. The molecule has 2 aliphatic carbocycles. The van der Waals surface area contributed by atoms with Crippen molar-refractivity contribution >= 4 is 5.97 Å². The van der Waals surface area contributed by atoms with E-state index in [1.807, 2.05) is 0 Å². The predicted molar refractivity (Wildman–Crippen MR) is 77.8 cm³/mol. The van der Waals surface area contributed by atoms with Crippen LogP contribution in [0.5, 0.6) is 0 Å². The van der Waals surface area contributed by atoms with Gasteiger partial charge in [0.15, 0.2) is 0 Å². The molecule has 0 saturated heterocycles. The molecule has 0 spiro atoms. The summed E-state index contributed by atoms with van der Waals surface area (Å²) in [5.74, 6) is 1.20. The molecule has 2 aliphatic rings. The van der Waals surface area contributed by atoms with Gasteiger partial charge in [-0.15, -0.1) is 0 Å². The number of carbonyl (C=O) groups excluding carboxylic acids is 1. The molecule has 3 unspecified atom stereocenters. The Morgan fingerprint density at radius 1 is 1.26 bits per heavy atom. The summed E-state index contributed by atoms with van der Waals surface area (Å²) >= 11 is 0. The molecule has 2 nitrogen and oxygen atoms in total. The van der Waals surface area contributed by atoms with E-state index in [4.69, 9.17) is 4.74 Å². The molecule has 0 aliphatic heterocycles. The zero-order valence-corrected chi connectivity index (χ0v) is 12.5. The van der Waals surface area contributed by atoms with E-state index in [-0.39, 0.29) is 11.6 Å². The molecule has 2 heteroatoms. The smallest absolute Gasteiger partial charge is 0.333 e. The van der Waals surface area contributed by atoms with Crippen molar-refractivity contribution in [3.05, 3.63) is 12.2 Å². The van der Waals surface area contributed by atoms with E-state index in [0.29, 0.717) is 11.5 Å². The second-order valence-corrected chi connectivity index (χ2v) is 6.53. The highest BCUT2D eigenvalue weighted by molar-refractivity contribution is 5.87. The van der Waals surface area contributed by atoms with Crippen molar-refractivity contribution in [3.63, 3.8) is 0 Å². The third-order valence-corrected chi connectivity index (χ3v) is 5.09. The average Bonchev–Trinajstić information content (AvgIpc) is 2.57. The first kappa shape index (κ1) is 14.6. The van der Waals surface area contributed by atoms with E-state index in [1.165, 1.54) is 38.5 Å². The van der Waals surface area contributed by atoms with Crippen LogP contribution in [0.3, 0.4) is 0 Å². The number of rotatable bonds is 4. The number of ether oxygens (including phenoxy) is 1. The zero-order chi connectivity index (χ0) is 13.9. The average molecular weight is 264 g/mol. The van der Waals surface area contributed by atoms with Crippen LogP contribution in [0, 0.1) is 11.8 Å². The lowest BCUT2D eigenvalue weighted by molar-refractivity contribution is -0.161. The van der Waals surface area contributed by atoms with Gasteiger partial charge in [0.2, 0.25) is 0 Å². The molecule has 2 fully saturated rings. The largest absolute Gasteiger partial charge is 0.455 e. The van der Waals surface area contributed by atoms with Gasteiger partial charge < -0.3 is 4.74 Å². The Morgan fingerprint density at radius 3 is 2.68 bits per heavy atom. The molecule has 0 aromatic carbocycles. The van der Waals surface area contributed by atoms with Crippen molar-refractivity contribution in [2.75, 3.05) is 0 Å². The lowest BCUT2D eigenvalue weighted by atomic mass is 9.79. The maximum atomic E-state index is 12.0. The number of fused-ring (bicyclic) bond motifs is 1. The van der Waals surface area contributed by atoms with Gasteiger partial charge in [-0.1, -0.05) is 45.6 Å². The van der Waals surface area contributed by atoms with Crippen LogP contribution in [0.1, 0.15) is 71.6 Å². The van der Waals surface area contributed by atoms with E-state index in [1.54, 1.807) is 6.92 Å². The van der Waals surface area contributed by atoms with Crippen molar-refractivity contribution in [1.29, 1.82) is 0 Å². The minimum Gasteiger partial charge on any atom is -0.455 e. The third kappa shape index (κ3) is 3.04. The monoisotopic (exact) mass is 264 g/mol. The summed E-state index contributed by atoms with van der Waals surface area (Å²) in [5, 5.41) is 0. The molecule has 0 radical (unpaired) electrons. The second kappa shape index (κ2) is 6.11. The Balaban J connectivity index is 2.18. The summed E-state index contributed by atoms with van der Waals surface area (Å²) in [6, 6.07) is 0. The van der Waals surface area contributed by atoms with Gasteiger partial charge in [0.25, 0.3) is 0 Å². The summed E-state index contributed by atoms with van der Waals surface area (Å²) in [7, 11) is 0. The molecule has 108 valence electrons. The van der Waals surface area contributed by atoms with Gasteiger partial charge in [0.05, 0.1) is 0 Å². The number of hydrogen-bond donors (Lipinski definition) is 0. The third-order valence-electron chi connectivity index (χ3n) is 5.09. The lowest BCUT2D eigenvalue weighted by Crippen LogP contribution is -2.40. The van der Waals surface area contributed by atoms with Gasteiger partial charge in [0.1, 0.15) is 5.60 Å². The maximum absolute atomic E-state index is 12.0. The molecule has 0 N–H and O–H groups in total. The molecule has 3 atom stereocenters. The van der Waals surface area contributed by atoms with Gasteiger partial charge in [-0.3, -0.25) is 0 Å². The Labute approximate surface area is 117 Å². The molecule has 0 bridgehead atoms. The topological polar surface area (TPSA) is 26.3 Å². The molecular formula is C17H28O2. The van der Waals surface area contributed by atoms with E-state index >= 15 is 0 Å². The molecular weight excluding hydrogens is 236 g/mol. The number of carbonyl (C=O) groups is 1. The highest BCUT2D eigenvalue weighted by Gasteiger charge is 2.50. The summed E-state index contributed by atoms with van der Waals surface area (Å²) < 4.78 is 5.99. The quantitative estimate of drug-likeness (QED) is 0.546. The van der Waals surface area contributed by atoms with E-state index < -0.39 is 0 Å². The van der Waals surface area contributed by atoms with Gasteiger partial charge in [0, 0.05) is 11.5 Å². The SMILES string of the molecule is C=C(C)C(=O)OC1(CCC)CCC2CCCCCC21. The van der Waals surface area contributed by atoms with Crippen LogP contribution >= 0.6 is 0 Å². The highest BCUT2D eigenvalue weighted by atomic mass is 16.6. The normalized spacial score (nSPS) is 34.4. The standard InChI is InChI=1S/C17H28O2/c1-4-11-17(19-16(18)13(2)3)12-10-14-8-6-5-7-9-15(14)17/h14-15H,2,4-12H2,1,3H3. The first-order chi connectivity index (χ1) is 9.09. The van der Waals surface area contributed by atoms with Crippen LogP contribution in [-0.4, -0.2) is 11.6 Å². The summed E-state index contributed by atoms with van der Waals surface area (Å²) in [4.78, 5) is 12.0. The van der Waals surface area contributed by atoms with E-state index in [2.05, 4.69) is 13.5 Å². The van der Waals surface area contributed by atoms with Gasteiger partial charge in [-0.2, -0.15) is 0 Å². The first-order valence-electron chi connectivity index (χ1n) is 7.98. The van der Waals surface area contributed by atoms with Crippen molar-refractivity contribution in [3.8, 4) is 0 Å². The van der Waals surface area contributed by atoms with Gasteiger partial charge in [-0.25, -0.2) is 4.79 Å². The Kier molecular flexibility index (Phi) is 4.70. The highest BCUT2D eigenvalue weighted by Crippen LogP contribution is 2.51. The molecule has 0 aromatic heterocycles. The summed E-state index contributed by atoms with van der Waals surface area (Å²) in [5.41, 5.74) is 0.354. The van der Waals surface area contributed by atoms with Crippen LogP contribution < -0.4 is 0 Å². The molecule has 19 heavy (non-hydrogen) atoms. The van der Waals surface area contributed by atoms with Crippen LogP contribution in [0.4, 0.5) is 0 Å². The molecule has 0 heterocycles. The molecule has 2 saturated carbocycles. The van der Waals surface area contributed by atoms with E-state index in [9.17, 15) is 4.79 Å². The maximum Gasteiger partial charge on any atom is 0.333 e. The van der Waals surface area contributed by atoms with Gasteiger partial charge in [-0.05, 0) is 38.5 Å².